The van der Waals surface area contributed by atoms with Crippen molar-refractivity contribution < 1.29 is 14.3 Å². The van der Waals surface area contributed by atoms with Crippen LogP contribution in [0.4, 0.5) is 11.6 Å². The number of carbonyl (C=O) groups excluding carboxylic acids is 1. The second-order valence-corrected chi connectivity index (χ2v) is 7.08. The van der Waals surface area contributed by atoms with Crippen LogP contribution >= 0.6 is 0 Å². The zero-order valence-electron chi connectivity index (χ0n) is 17.6. The molecule has 0 aliphatic carbocycles. The first kappa shape index (κ1) is 20.9. The first-order valence-electron chi connectivity index (χ1n) is 9.78. The second kappa shape index (κ2) is 9.56. The third-order valence-electron chi connectivity index (χ3n) is 5.19. The van der Waals surface area contributed by atoms with Crippen molar-refractivity contribution >= 4 is 17.5 Å². The van der Waals surface area contributed by atoms with Gasteiger partial charge in [-0.3, -0.25) is 4.79 Å². The molecule has 1 aliphatic heterocycles. The van der Waals surface area contributed by atoms with Gasteiger partial charge in [-0.2, -0.15) is 4.98 Å². The van der Waals surface area contributed by atoms with E-state index in [1.807, 2.05) is 0 Å². The van der Waals surface area contributed by atoms with Gasteiger partial charge in [-0.1, -0.05) is 6.07 Å². The maximum Gasteiger partial charge on any atom is 0.258 e. The Kier molecular flexibility index (Phi) is 6.87. The van der Waals surface area contributed by atoms with Crippen LogP contribution in [0.1, 0.15) is 21.5 Å². The van der Waals surface area contributed by atoms with Crippen molar-refractivity contribution in [3.8, 4) is 5.88 Å². The number of anilines is 2. The Morgan fingerprint density at radius 3 is 2.48 bits per heavy atom. The third kappa shape index (κ3) is 4.95. The van der Waals surface area contributed by atoms with Crippen molar-refractivity contribution in [2.45, 2.75) is 13.8 Å². The lowest BCUT2D eigenvalue weighted by molar-refractivity contribution is 0.0933. The summed E-state index contributed by atoms with van der Waals surface area (Å²) in [4.78, 5) is 25.7. The number of benzene rings is 1. The van der Waals surface area contributed by atoms with E-state index in [0.29, 0.717) is 24.7 Å². The number of hydrogen-bond acceptors (Lipinski definition) is 7. The van der Waals surface area contributed by atoms with Crippen molar-refractivity contribution in [1.82, 2.24) is 15.3 Å². The van der Waals surface area contributed by atoms with Crippen molar-refractivity contribution in [3.05, 3.63) is 41.1 Å². The van der Waals surface area contributed by atoms with Gasteiger partial charge < -0.3 is 24.6 Å². The van der Waals surface area contributed by atoms with E-state index in [2.05, 4.69) is 57.1 Å². The quantitative estimate of drug-likeness (QED) is 0.711. The molecule has 8 nitrogen and oxygen atoms in total. The maximum absolute atomic E-state index is 12.3. The number of nitrogens with one attached hydrogen (secondary N) is 1. The predicted octanol–water partition coefficient (Wildman–Crippen LogP) is 1.80. The van der Waals surface area contributed by atoms with E-state index in [0.717, 1.165) is 26.2 Å². The molecule has 1 aromatic heterocycles. The van der Waals surface area contributed by atoms with Crippen LogP contribution in [-0.2, 0) is 4.74 Å². The molecule has 1 amide bonds. The number of hydrogen-bond donors (Lipinski definition) is 1. The van der Waals surface area contributed by atoms with Gasteiger partial charge in [0.15, 0.2) is 0 Å². The van der Waals surface area contributed by atoms with Crippen molar-refractivity contribution in [2.75, 3.05) is 63.4 Å². The molecule has 156 valence electrons. The molecule has 0 saturated carbocycles. The Labute approximate surface area is 171 Å². The third-order valence-corrected chi connectivity index (χ3v) is 5.19. The second-order valence-electron chi connectivity index (χ2n) is 7.08. The molecule has 0 radical (unpaired) electrons. The zero-order valence-corrected chi connectivity index (χ0v) is 17.6. The van der Waals surface area contributed by atoms with E-state index >= 15 is 0 Å². The van der Waals surface area contributed by atoms with Crippen LogP contribution in [0.5, 0.6) is 5.88 Å². The van der Waals surface area contributed by atoms with E-state index in [4.69, 9.17) is 9.47 Å². The highest BCUT2D eigenvalue weighted by Gasteiger charge is 2.22. The fourth-order valence-electron chi connectivity index (χ4n) is 3.27. The van der Waals surface area contributed by atoms with Crippen LogP contribution in [-0.4, -0.2) is 69.4 Å². The first-order chi connectivity index (χ1) is 14.0. The number of piperazine rings is 1. The molecule has 0 spiro atoms. The number of ether oxygens (including phenoxy) is 2. The van der Waals surface area contributed by atoms with Crippen molar-refractivity contribution in [1.29, 1.82) is 0 Å². The molecule has 1 saturated heterocycles. The molecule has 2 heterocycles. The van der Waals surface area contributed by atoms with Crippen LogP contribution < -0.4 is 19.9 Å². The van der Waals surface area contributed by atoms with Gasteiger partial charge in [-0.05, 0) is 37.1 Å². The predicted molar refractivity (Wildman–Crippen MR) is 113 cm³/mol. The lowest BCUT2D eigenvalue weighted by Gasteiger charge is -2.36. The molecule has 3 rings (SSSR count). The van der Waals surface area contributed by atoms with Crippen LogP contribution in [0.2, 0.25) is 0 Å². The Balaban J connectivity index is 1.65. The molecule has 8 heteroatoms. The number of rotatable bonds is 7. The molecule has 0 atom stereocenters. The topological polar surface area (TPSA) is 79.8 Å². The zero-order chi connectivity index (χ0) is 20.8. The summed E-state index contributed by atoms with van der Waals surface area (Å²) in [7, 11) is 3.10. The van der Waals surface area contributed by atoms with Crippen molar-refractivity contribution in [2.24, 2.45) is 0 Å². The highest BCUT2D eigenvalue weighted by atomic mass is 16.5. The molecule has 1 aromatic carbocycles. The van der Waals surface area contributed by atoms with Crippen LogP contribution in [0.15, 0.2) is 24.4 Å². The van der Waals surface area contributed by atoms with E-state index < -0.39 is 0 Å². The van der Waals surface area contributed by atoms with Gasteiger partial charge in [0.05, 0.1) is 13.7 Å². The molecule has 0 unspecified atom stereocenters. The number of methoxy groups -OCH3 is 2. The van der Waals surface area contributed by atoms with E-state index in [9.17, 15) is 4.79 Å². The summed E-state index contributed by atoms with van der Waals surface area (Å²) in [6.45, 7) is 8.50. The van der Waals surface area contributed by atoms with Gasteiger partial charge in [0, 0.05) is 51.7 Å². The highest BCUT2D eigenvalue weighted by molar-refractivity contribution is 5.96. The number of aryl methyl sites for hydroxylation is 2. The van der Waals surface area contributed by atoms with Gasteiger partial charge in [-0.25, -0.2) is 4.98 Å². The average Bonchev–Trinajstić information content (AvgIpc) is 2.75. The number of amides is 1. The van der Waals surface area contributed by atoms with E-state index in [1.54, 1.807) is 7.11 Å². The minimum atomic E-state index is -0.273. The SMILES string of the molecule is COCCNC(=O)c1cnc(N2CCN(c3ccc(C)c(C)c3)CC2)nc1OC. The summed E-state index contributed by atoms with van der Waals surface area (Å²) in [5, 5.41) is 2.76. The summed E-state index contributed by atoms with van der Waals surface area (Å²) >= 11 is 0. The molecule has 0 bridgehead atoms. The minimum Gasteiger partial charge on any atom is -0.480 e. The average molecular weight is 399 g/mol. The number of carbonyl (C=O) groups is 1. The smallest absolute Gasteiger partial charge is 0.258 e. The molecule has 29 heavy (non-hydrogen) atoms. The molecule has 1 fully saturated rings. The van der Waals surface area contributed by atoms with Crippen LogP contribution in [0.3, 0.4) is 0 Å². The lowest BCUT2D eigenvalue weighted by Crippen LogP contribution is -2.47. The van der Waals surface area contributed by atoms with Gasteiger partial charge in [-0.15, -0.1) is 0 Å². The maximum atomic E-state index is 12.3. The molecule has 2 aromatic rings. The largest absolute Gasteiger partial charge is 0.480 e. The standard InChI is InChI=1S/C21H29N5O3/c1-15-5-6-17(13-16(15)2)25-8-10-26(11-9-25)21-23-14-18(20(24-21)29-4)19(27)22-7-12-28-3/h5-6,13-14H,7-12H2,1-4H3,(H,22,27). The summed E-state index contributed by atoms with van der Waals surface area (Å²) in [6, 6.07) is 6.58. The summed E-state index contributed by atoms with van der Waals surface area (Å²) in [5.41, 5.74) is 4.17. The number of nitrogens with zero attached hydrogens (tertiary/aromatic N) is 4. The highest BCUT2D eigenvalue weighted by Crippen LogP contribution is 2.23. The van der Waals surface area contributed by atoms with Crippen molar-refractivity contribution in [3.63, 3.8) is 0 Å². The minimum absolute atomic E-state index is 0.273. The summed E-state index contributed by atoms with van der Waals surface area (Å²) < 4.78 is 10.3. The van der Waals surface area contributed by atoms with E-state index in [-0.39, 0.29) is 11.8 Å². The molecule has 1 aliphatic rings. The Morgan fingerprint density at radius 2 is 1.83 bits per heavy atom. The lowest BCUT2D eigenvalue weighted by atomic mass is 10.1. The summed E-state index contributed by atoms with van der Waals surface area (Å²) in [5.74, 6) is 0.585. The Morgan fingerprint density at radius 1 is 1.10 bits per heavy atom. The van der Waals surface area contributed by atoms with Gasteiger partial charge in [0.1, 0.15) is 5.56 Å². The van der Waals surface area contributed by atoms with Crippen LogP contribution in [0.25, 0.3) is 0 Å². The van der Waals surface area contributed by atoms with Gasteiger partial charge in [0.25, 0.3) is 5.91 Å². The van der Waals surface area contributed by atoms with Gasteiger partial charge in [0.2, 0.25) is 11.8 Å². The fourth-order valence-corrected chi connectivity index (χ4v) is 3.27. The summed E-state index contributed by atoms with van der Waals surface area (Å²) in [6.07, 6.45) is 1.53. The normalized spacial score (nSPS) is 14.1. The monoisotopic (exact) mass is 399 g/mol. The number of aromatic nitrogens is 2. The Hall–Kier alpha value is -2.87. The molecular formula is C21H29N5O3. The van der Waals surface area contributed by atoms with Crippen LogP contribution in [0, 0.1) is 13.8 Å². The molecular weight excluding hydrogens is 370 g/mol. The van der Waals surface area contributed by atoms with Gasteiger partial charge >= 0.3 is 0 Å². The Bertz CT molecular complexity index is 850. The fraction of sp³-hybridized carbons (Fsp3) is 0.476. The van der Waals surface area contributed by atoms with E-state index in [1.165, 1.54) is 30.1 Å². The molecule has 1 N–H and O–H groups in total. The first-order valence-corrected chi connectivity index (χ1v) is 9.78.